The van der Waals surface area contributed by atoms with Gasteiger partial charge >= 0.3 is 5.97 Å². The Morgan fingerprint density at radius 3 is 2.42 bits per heavy atom. The van der Waals surface area contributed by atoms with E-state index in [1.54, 1.807) is 38.1 Å². The van der Waals surface area contributed by atoms with Crippen molar-refractivity contribution in [2.24, 2.45) is 0 Å². The predicted octanol–water partition coefficient (Wildman–Crippen LogP) is 3.78. The molecule has 0 saturated heterocycles. The number of amides is 1. The van der Waals surface area contributed by atoms with Crippen LogP contribution in [0.4, 0.5) is 5.69 Å². The van der Waals surface area contributed by atoms with Crippen LogP contribution >= 0.6 is 0 Å². The van der Waals surface area contributed by atoms with Gasteiger partial charge in [0.25, 0.3) is 5.91 Å². The van der Waals surface area contributed by atoms with E-state index in [1.807, 2.05) is 0 Å². The normalized spacial score (nSPS) is 11.3. The summed E-state index contributed by atoms with van der Waals surface area (Å²) < 4.78 is 37.1. The van der Waals surface area contributed by atoms with Crippen LogP contribution in [-0.2, 0) is 10.0 Å². The van der Waals surface area contributed by atoms with Crippen LogP contribution in [0.1, 0.15) is 34.8 Å². The number of ether oxygens (including phenoxy) is 1. The van der Waals surface area contributed by atoms with Crippen molar-refractivity contribution in [3.63, 3.8) is 0 Å². The summed E-state index contributed by atoms with van der Waals surface area (Å²) in [5, 5.41) is 2.64. The van der Waals surface area contributed by atoms with Crippen LogP contribution in [0.15, 0.2) is 76.2 Å². The molecule has 9 heteroatoms. The summed E-state index contributed by atoms with van der Waals surface area (Å²) in [7, 11) is -3.70. The zero-order chi connectivity index (χ0) is 22.4. The second-order valence-corrected chi connectivity index (χ2v) is 8.40. The molecule has 0 aliphatic heterocycles. The lowest BCUT2D eigenvalue weighted by molar-refractivity contribution is 0.0734. The standard InChI is InChI=1S/C22H22N2O6S/c1-3-24(4-2)31(27,28)19-11-5-8-16(14-19)22(26)30-18-10-6-9-17(15-18)23-21(25)20-12-7-13-29-20/h5-15H,3-4H2,1-2H3,(H,23,25). The molecular formula is C22H22N2O6S. The van der Waals surface area contributed by atoms with E-state index in [0.717, 1.165) is 0 Å². The highest BCUT2D eigenvalue weighted by Crippen LogP contribution is 2.21. The Labute approximate surface area is 180 Å². The Morgan fingerprint density at radius 1 is 1.00 bits per heavy atom. The Balaban J connectivity index is 1.76. The number of carbonyl (C=O) groups excluding carboxylic acids is 2. The molecule has 0 fully saturated rings. The molecule has 2 aromatic carbocycles. The number of nitrogens with zero attached hydrogens (tertiary/aromatic N) is 1. The monoisotopic (exact) mass is 442 g/mol. The van der Waals surface area contributed by atoms with Crippen molar-refractivity contribution < 1.29 is 27.2 Å². The van der Waals surface area contributed by atoms with E-state index in [9.17, 15) is 18.0 Å². The maximum atomic E-state index is 12.7. The van der Waals surface area contributed by atoms with Crippen molar-refractivity contribution in [1.29, 1.82) is 0 Å². The molecule has 0 saturated carbocycles. The summed E-state index contributed by atoms with van der Waals surface area (Å²) in [6.45, 7) is 4.14. The zero-order valence-corrected chi connectivity index (χ0v) is 17.9. The van der Waals surface area contributed by atoms with Gasteiger partial charge in [0.05, 0.1) is 16.7 Å². The molecule has 0 atom stereocenters. The third-order valence-electron chi connectivity index (χ3n) is 4.46. The first-order chi connectivity index (χ1) is 14.8. The van der Waals surface area contributed by atoms with E-state index in [2.05, 4.69) is 5.32 Å². The van der Waals surface area contributed by atoms with E-state index in [-0.39, 0.29) is 22.0 Å². The highest BCUT2D eigenvalue weighted by atomic mass is 32.2. The topological polar surface area (TPSA) is 106 Å². The van der Waals surface area contributed by atoms with Gasteiger partial charge in [0.2, 0.25) is 10.0 Å². The van der Waals surface area contributed by atoms with Gasteiger partial charge in [-0.1, -0.05) is 26.0 Å². The number of benzene rings is 2. The van der Waals surface area contributed by atoms with Crippen LogP contribution in [0.3, 0.4) is 0 Å². The first-order valence-corrected chi connectivity index (χ1v) is 11.1. The highest BCUT2D eigenvalue weighted by molar-refractivity contribution is 7.89. The Bertz CT molecular complexity index is 1170. The molecule has 3 aromatic rings. The third kappa shape index (κ3) is 5.19. The molecule has 8 nitrogen and oxygen atoms in total. The maximum Gasteiger partial charge on any atom is 0.343 e. The molecule has 31 heavy (non-hydrogen) atoms. The van der Waals surface area contributed by atoms with Gasteiger partial charge in [0, 0.05) is 24.8 Å². The van der Waals surface area contributed by atoms with Crippen LogP contribution in [0.2, 0.25) is 0 Å². The molecule has 3 rings (SSSR count). The summed E-state index contributed by atoms with van der Waals surface area (Å²) in [6.07, 6.45) is 1.39. The maximum absolute atomic E-state index is 12.7. The Morgan fingerprint density at radius 2 is 1.74 bits per heavy atom. The number of rotatable bonds is 8. The SMILES string of the molecule is CCN(CC)S(=O)(=O)c1cccc(C(=O)Oc2cccc(NC(=O)c3ccco3)c2)c1. The molecule has 1 amide bonds. The van der Waals surface area contributed by atoms with Gasteiger partial charge in [-0.3, -0.25) is 4.79 Å². The van der Waals surface area contributed by atoms with E-state index in [0.29, 0.717) is 18.8 Å². The molecule has 0 spiro atoms. The first-order valence-electron chi connectivity index (χ1n) is 9.62. The number of sulfonamides is 1. The number of hydrogen-bond donors (Lipinski definition) is 1. The Kier molecular flexibility index (Phi) is 6.88. The van der Waals surface area contributed by atoms with Gasteiger partial charge < -0.3 is 14.5 Å². The summed E-state index contributed by atoms with van der Waals surface area (Å²) >= 11 is 0. The lowest BCUT2D eigenvalue weighted by atomic mass is 10.2. The van der Waals surface area contributed by atoms with Crippen molar-refractivity contribution in [3.8, 4) is 5.75 Å². The minimum atomic E-state index is -3.70. The fourth-order valence-electron chi connectivity index (χ4n) is 2.90. The quantitative estimate of drug-likeness (QED) is 0.420. The van der Waals surface area contributed by atoms with Crippen LogP contribution in [0.25, 0.3) is 0 Å². The molecular weight excluding hydrogens is 420 g/mol. The van der Waals surface area contributed by atoms with Crippen LogP contribution in [0, 0.1) is 0 Å². The minimum Gasteiger partial charge on any atom is -0.459 e. The van der Waals surface area contributed by atoms with Gasteiger partial charge in [-0.15, -0.1) is 0 Å². The number of hydrogen-bond acceptors (Lipinski definition) is 6. The van der Waals surface area contributed by atoms with Gasteiger partial charge in [0.15, 0.2) is 5.76 Å². The van der Waals surface area contributed by atoms with Crippen molar-refractivity contribution in [2.75, 3.05) is 18.4 Å². The zero-order valence-electron chi connectivity index (χ0n) is 17.1. The largest absolute Gasteiger partial charge is 0.459 e. The van der Waals surface area contributed by atoms with E-state index < -0.39 is 21.9 Å². The highest BCUT2D eigenvalue weighted by Gasteiger charge is 2.23. The van der Waals surface area contributed by atoms with Gasteiger partial charge in [-0.25, -0.2) is 13.2 Å². The summed E-state index contributed by atoms with van der Waals surface area (Å²) in [5.41, 5.74) is 0.503. The average Bonchev–Trinajstić information content (AvgIpc) is 3.30. The number of carbonyl (C=O) groups is 2. The minimum absolute atomic E-state index is 0.0186. The number of anilines is 1. The molecule has 0 radical (unpaired) electrons. The van der Waals surface area contributed by atoms with Crippen molar-refractivity contribution in [2.45, 2.75) is 18.7 Å². The second kappa shape index (κ2) is 9.59. The van der Waals surface area contributed by atoms with Gasteiger partial charge in [-0.2, -0.15) is 4.31 Å². The second-order valence-electron chi connectivity index (χ2n) is 6.47. The van der Waals surface area contributed by atoms with E-state index >= 15 is 0 Å². The summed E-state index contributed by atoms with van der Waals surface area (Å²) in [6, 6.07) is 15.1. The third-order valence-corrected chi connectivity index (χ3v) is 6.51. The molecule has 0 bridgehead atoms. The molecule has 0 unspecified atom stereocenters. The first kappa shape index (κ1) is 22.3. The summed E-state index contributed by atoms with van der Waals surface area (Å²) in [4.78, 5) is 24.7. The molecule has 1 aromatic heterocycles. The number of furan rings is 1. The number of nitrogens with one attached hydrogen (secondary N) is 1. The van der Waals surface area contributed by atoms with E-state index in [1.165, 1.54) is 47.0 Å². The Hall–Kier alpha value is -3.43. The van der Waals surface area contributed by atoms with Crippen molar-refractivity contribution >= 4 is 27.6 Å². The average molecular weight is 442 g/mol. The van der Waals surface area contributed by atoms with Crippen LogP contribution in [0.5, 0.6) is 5.75 Å². The fraction of sp³-hybridized carbons (Fsp3) is 0.182. The fourth-order valence-corrected chi connectivity index (χ4v) is 4.40. The van der Waals surface area contributed by atoms with Crippen LogP contribution in [-0.4, -0.2) is 37.7 Å². The van der Waals surface area contributed by atoms with Crippen LogP contribution < -0.4 is 10.1 Å². The molecule has 1 heterocycles. The molecule has 162 valence electrons. The van der Waals surface area contributed by atoms with E-state index in [4.69, 9.17) is 9.15 Å². The van der Waals surface area contributed by atoms with Gasteiger partial charge in [-0.05, 0) is 42.5 Å². The predicted molar refractivity (Wildman–Crippen MR) is 115 cm³/mol. The molecule has 1 N–H and O–H groups in total. The molecule has 0 aliphatic rings. The number of esters is 1. The lowest BCUT2D eigenvalue weighted by Crippen LogP contribution is -2.30. The lowest BCUT2D eigenvalue weighted by Gasteiger charge is -2.18. The van der Waals surface area contributed by atoms with Crippen molar-refractivity contribution in [1.82, 2.24) is 4.31 Å². The molecule has 0 aliphatic carbocycles. The van der Waals surface area contributed by atoms with Crippen molar-refractivity contribution in [3.05, 3.63) is 78.3 Å². The smallest absolute Gasteiger partial charge is 0.343 e. The van der Waals surface area contributed by atoms with Gasteiger partial charge in [0.1, 0.15) is 5.75 Å². The summed E-state index contributed by atoms with van der Waals surface area (Å²) in [5.74, 6) is -0.818.